The van der Waals surface area contributed by atoms with Crippen molar-refractivity contribution in [1.82, 2.24) is 19.5 Å². The van der Waals surface area contributed by atoms with Crippen LogP contribution in [0.25, 0.3) is 0 Å². The molecule has 2 aromatic rings. The number of fused-ring (bicyclic) bond motifs is 1. The molecule has 1 N–H and O–H groups in total. The van der Waals surface area contributed by atoms with Crippen molar-refractivity contribution in [3.8, 4) is 0 Å². The summed E-state index contributed by atoms with van der Waals surface area (Å²) in [5, 5.41) is 7.70. The fraction of sp³-hybridized carbons (Fsp3) is 0.591. The predicted octanol–water partition coefficient (Wildman–Crippen LogP) is 1.30. The molecule has 0 unspecified atom stereocenters. The minimum absolute atomic E-state index is 0.0780. The number of esters is 1. The van der Waals surface area contributed by atoms with Gasteiger partial charge in [0.05, 0.1) is 30.2 Å². The number of carbonyl (C=O) groups excluding carboxylic acids is 2. The molecule has 0 saturated carbocycles. The van der Waals surface area contributed by atoms with Crippen LogP contribution in [0.15, 0.2) is 15.2 Å². The van der Waals surface area contributed by atoms with E-state index in [1.165, 1.54) is 23.1 Å². The highest BCUT2D eigenvalue weighted by Crippen LogP contribution is 2.29. The maximum Gasteiger partial charge on any atom is 0.367 e. The van der Waals surface area contributed by atoms with Gasteiger partial charge in [-0.05, 0) is 39.7 Å². The molecule has 1 amide bonds. The molecular formula is C22H30N6O4S2. The van der Waals surface area contributed by atoms with E-state index < -0.39 is 0 Å². The lowest BCUT2D eigenvalue weighted by Crippen LogP contribution is -2.54. The summed E-state index contributed by atoms with van der Waals surface area (Å²) in [7, 11) is 2.09. The van der Waals surface area contributed by atoms with Crippen molar-refractivity contribution in [2.45, 2.75) is 44.1 Å². The molecule has 1 aliphatic heterocycles. The molecule has 0 atom stereocenters. The Morgan fingerprint density at radius 3 is 2.71 bits per heavy atom. The van der Waals surface area contributed by atoms with E-state index in [0.717, 1.165) is 63.1 Å². The summed E-state index contributed by atoms with van der Waals surface area (Å²) in [6.07, 6.45) is 3.89. The van der Waals surface area contributed by atoms with Crippen LogP contribution < -0.4 is 16.0 Å². The van der Waals surface area contributed by atoms with Crippen LogP contribution in [-0.4, -0.2) is 77.0 Å². The van der Waals surface area contributed by atoms with Crippen molar-refractivity contribution in [1.29, 1.82) is 0 Å². The molecule has 3 heterocycles. The van der Waals surface area contributed by atoms with E-state index in [2.05, 4.69) is 32.2 Å². The van der Waals surface area contributed by atoms with Crippen LogP contribution in [0, 0.1) is 0 Å². The van der Waals surface area contributed by atoms with Gasteiger partial charge in [0.2, 0.25) is 5.91 Å². The largest absolute Gasteiger partial charge is 0.466 e. The van der Waals surface area contributed by atoms with Gasteiger partial charge in [-0.25, -0.2) is 14.5 Å². The first kappa shape index (κ1) is 24.7. The standard InChI is InChI=1S/C22H30N6O4S2/c1-3-32-19(30)12-15-13-34-21(23-15)24-18(29)14-33-20-16-6-4-5-7-17(16)28(22(31)25-20)27-10-8-26(2)9-11-27/h13H,3-12,14H2,1-2H3,(H,23,24,29). The summed E-state index contributed by atoms with van der Waals surface area (Å²) in [5.41, 5.74) is 2.43. The third-order valence-electron chi connectivity index (χ3n) is 5.86. The van der Waals surface area contributed by atoms with E-state index in [0.29, 0.717) is 22.5 Å². The molecule has 1 saturated heterocycles. The first-order valence-corrected chi connectivity index (χ1v) is 13.4. The zero-order valence-electron chi connectivity index (χ0n) is 19.5. The smallest absolute Gasteiger partial charge is 0.367 e. The van der Waals surface area contributed by atoms with E-state index >= 15 is 0 Å². The molecule has 0 spiro atoms. The Bertz CT molecular complexity index is 1090. The number of likely N-dealkylation sites (N-methyl/N-ethyl adjacent to an activating group) is 1. The molecular weight excluding hydrogens is 476 g/mol. The van der Waals surface area contributed by atoms with Crippen molar-refractivity contribution >= 4 is 40.1 Å². The lowest BCUT2D eigenvalue weighted by molar-refractivity contribution is -0.142. The second-order valence-electron chi connectivity index (χ2n) is 8.36. The van der Waals surface area contributed by atoms with Gasteiger partial charge < -0.3 is 20.0 Å². The van der Waals surface area contributed by atoms with E-state index in [-0.39, 0.29) is 29.7 Å². The van der Waals surface area contributed by atoms with E-state index in [1.807, 2.05) is 0 Å². The average Bonchev–Trinajstić information content (AvgIpc) is 3.25. The zero-order chi connectivity index (χ0) is 24.1. The number of hydrogen-bond donors (Lipinski definition) is 1. The number of rotatable bonds is 8. The molecule has 0 bridgehead atoms. The summed E-state index contributed by atoms with van der Waals surface area (Å²) in [4.78, 5) is 48.1. The minimum atomic E-state index is -0.344. The first-order valence-electron chi connectivity index (χ1n) is 11.6. The van der Waals surface area contributed by atoms with Crippen molar-refractivity contribution in [2.75, 3.05) is 55.9 Å². The van der Waals surface area contributed by atoms with E-state index in [9.17, 15) is 14.4 Å². The second-order valence-corrected chi connectivity index (χ2v) is 10.2. The number of amides is 1. The Labute approximate surface area is 206 Å². The lowest BCUT2D eigenvalue weighted by atomic mass is 9.97. The molecule has 1 fully saturated rings. The molecule has 2 aliphatic rings. The number of ether oxygens (including phenoxy) is 1. The number of anilines is 1. The Hall–Kier alpha value is -2.44. The van der Waals surface area contributed by atoms with Crippen molar-refractivity contribution in [3.05, 3.63) is 32.8 Å². The molecule has 34 heavy (non-hydrogen) atoms. The number of piperazine rings is 1. The molecule has 0 aromatic carbocycles. The molecule has 2 aromatic heterocycles. The van der Waals surface area contributed by atoms with Crippen LogP contribution in [0.5, 0.6) is 0 Å². The summed E-state index contributed by atoms with van der Waals surface area (Å²) in [5.74, 6) is -0.440. The van der Waals surface area contributed by atoms with Crippen LogP contribution in [-0.2, 0) is 33.6 Å². The van der Waals surface area contributed by atoms with Gasteiger partial charge in [0.15, 0.2) is 5.13 Å². The SMILES string of the molecule is CCOC(=O)Cc1csc(NC(=O)CSc2nc(=O)n(N3CCN(C)CC3)c3c2CCCC3)n1. The number of aromatic nitrogens is 3. The first-order chi connectivity index (χ1) is 16.4. The molecule has 184 valence electrons. The topological polar surface area (TPSA) is 110 Å². The summed E-state index contributed by atoms with van der Waals surface area (Å²) >= 11 is 2.56. The molecule has 4 rings (SSSR count). The number of thioether (sulfide) groups is 1. The Kier molecular flexibility index (Phi) is 8.22. The van der Waals surface area contributed by atoms with Gasteiger partial charge in [-0.3, -0.25) is 9.59 Å². The maximum absolute atomic E-state index is 13.0. The second kappa shape index (κ2) is 11.3. The monoisotopic (exact) mass is 506 g/mol. The van der Waals surface area contributed by atoms with Gasteiger partial charge >= 0.3 is 11.7 Å². The third kappa shape index (κ3) is 5.97. The number of nitrogens with zero attached hydrogens (tertiary/aromatic N) is 5. The van der Waals surface area contributed by atoms with Crippen molar-refractivity contribution < 1.29 is 14.3 Å². The van der Waals surface area contributed by atoms with Gasteiger partial charge in [0, 0.05) is 37.1 Å². The van der Waals surface area contributed by atoms with Crippen LogP contribution in [0.2, 0.25) is 0 Å². The minimum Gasteiger partial charge on any atom is -0.466 e. The highest BCUT2D eigenvalue weighted by molar-refractivity contribution is 8.00. The lowest BCUT2D eigenvalue weighted by Gasteiger charge is -2.37. The molecule has 10 nitrogen and oxygen atoms in total. The average molecular weight is 507 g/mol. The Balaban J connectivity index is 1.42. The number of nitrogens with one attached hydrogen (secondary N) is 1. The van der Waals surface area contributed by atoms with Crippen LogP contribution in [0.1, 0.15) is 36.7 Å². The van der Waals surface area contributed by atoms with Crippen LogP contribution >= 0.6 is 23.1 Å². The Morgan fingerprint density at radius 2 is 1.94 bits per heavy atom. The van der Waals surface area contributed by atoms with Gasteiger partial charge in [-0.15, -0.1) is 11.3 Å². The van der Waals surface area contributed by atoms with Crippen molar-refractivity contribution in [2.24, 2.45) is 0 Å². The summed E-state index contributed by atoms with van der Waals surface area (Å²) < 4.78 is 6.71. The summed E-state index contributed by atoms with van der Waals surface area (Å²) in [6.45, 7) is 5.49. The molecule has 12 heteroatoms. The number of hydrogen-bond acceptors (Lipinski definition) is 10. The third-order valence-corrected chi connectivity index (χ3v) is 7.69. The number of carbonyl (C=O) groups is 2. The molecule has 1 aliphatic carbocycles. The van der Waals surface area contributed by atoms with Crippen molar-refractivity contribution in [3.63, 3.8) is 0 Å². The van der Waals surface area contributed by atoms with Gasteiger partial charge in [0.25, 0.3) is 0 Å². The Morgan fingerprint density at radius 1 is 1.18 bits per heavy atom. The highest BCUT2D eigenvalue weighted by Gasteiger charge is 2.25. The van der Waals surface area contributed by atoms with Gasteiger partial charge in [-0.1, -0.05) is 11.8 Å². The van der Waals surface area contributed by atoms with Gasteiger partial charge in [0.1, 0.15) is 5.03 Å². The quantitative estimate of drug-likeness (QED) is 0.322. The fourth-order valence-electron chi connectivity index (χ4n) is 4.17. The van der Waals surface area contributed by atoms with Crippen LogP contribution in [0.4, 0.5) is 5.13 Å². The van der Waals surface area contributed by atoms with Gasteiger partial charge in [-0.2, -0.15) is 4.98 Å². The molecule has 0 radical (unpaired) electrons. The normalized spacial score (nSPS) is 16.2. The van der Waals surface area contributed by atoms with Crippen LogP contribution in [0.3, 0.4) is 0 Å². The van der Waals surface area contributed by atoms with E-state index in [4.69, 9.17) is 4.74 Å². The highest BCUT2D eigenvalue weighted by atomic mass is 32.2. The fourth-order valence-corrected chi connectivity index (χ4v) is 5.78. The summed E-state index contributed by atoms with van der Waals surface area (Å²) in [6, 6.07) is 0. The predicted molar refractivity (Wildman–Crippen MR) is 132 cm³/mol. The zero-order valence-corrected chi connectivity index (χ0v) is 21.2. The van der Waals surface area contributed by atoms with E-state index in [1.54, 1.807) is 17.0 Å². The number of thiazole rings is 1. The maximum atomic E-state index is 13.0.